The SMILES string of the molecule is CC1CCc2sc(C(=O)NN=Cc3ccc([N+](=O)[O-])cc3)cc2C1. The van der Waals surface area contributed by atoms with Crippen LogP contribution in [-0.4, -0.2) is 17.0 Å². The van der Waals surface area contributed by atoms with Gasteiger partial charge in [-0.1, -0.05) is 6.92 Å². The van der Waals surface area contributed by atoms with Gasteiger partial charge in [0.15, 0.2) is 0 Å². The van der Waals surface area contributed by atoms with Crippen LogP contribution >= 0.6 is 11.3 Å². The van der Waals surface area contributed by atoms with Crippen molar-refractivity contribution in [2.45, 2.75) is 26.2 Å². The van der Waals surface area contributed by atoms with Crippen molar-refractivity contribution in [3.63, 3.8) is 0 Å². The van der Waals surface area contributed by atoms with Crippen LogP contribution in [0.3, 0.4) is 0 Å². The number of nitro groups is 1. The van der Waals surface area contributed by atoms with Crippen LogP contribution in [0.25, 0.3) is 0 Å². The molecule has 1 atom stereocenters. The van der Waals surface area contributed by atoms with Crippen LogP contribution in [-0.2, 0) is 12.8 Å². The molecular formula is C17H17N3O3S. The van der Waals surface area contributed by atoms with Gasteiger partial charge in [-0.05, 0) is 54.5 Å². The molecule has 2 aromatic rings. The summed E-state index contributed by atoms with van der Waals surface area (Å²) in [4.78, 5) is 24.3. The van der Waals surface area contributed by atoms with Gasteiger partial charge in [0.2, 0.25) is 0 Å². The lowest BCUT2D eigenvalue weighted by molar-refractivity contribution is -0.384. The van der Waals surface area contributed by atoms with Crippen molar-refractivity contribution in [1.29, 1.82) is 0 Å². The Hall–Kier alpha value is -2.54. The quantitative estimate of drug-likeness (QED) is 0.523. The Morgan fingerprint density at radius 2 is 2.17 bits per heavy atom. The van der Waals surface area contributed by atoms with Crippen molar-refractivity contribution in [2.24, 2.45) is 11.0 Å². The summed E-state index contributed by atoms with van der Waals surface area (Å²) < 4.78 is 0. The highest BCUT2D eigenvalue weighted by Gasteiger charge is 2.20. The first-order valence-corrected chi connectivity index (χ1v) is 8.54. The van der Waals surface area contributed by atoms with E-state index in [4.69, 9.17) is 0 Å². The Morgan fingerprint density at radius 1 is 1.42 bits per heavy atom. The molecule has 0 saturated heterocycles. The smallest absolute Gasteiger partial charge is 0.266 e. The number of nitro benzene ring substituents is 1. The number of hydrazone groups is 1. The van der Waals surface area contributed by atoms with E-state index in [1.807, 2.05) is 6.07 Å². The number of carbonyl (C=O) groups is 1. The van der Waals surface area contributed by atoms with E-state index in [9.17, 15) is 14.9 Å². The summed E-state index contributed by atoms with van der Waals surface area (Å²) in [5.74, 6) is 0.448. The number of thiophene rings is 1. The predicted octanol–water partition coefficient (Wildman–Crippen LogP) is 3.55. The average molecular weight is 343 g/mol. The average Bonchev–Trinajstić information content (AvgIpc) is 2.98. The first-order valence-electron chi connectivity index (χ1n) is 7.72. The molecule has 124 valence electrons. The van der Waals surface area contributed by atoms with Gasteiger partial charge in [0.05, 0.1) is 16.0 Å². The van der Waals surface area contributed by atoms with Crippen LogP contribution < -0.4 is 5.43 Å². The zero-order valence-electron chi connectivity index (χ0n) is 13.2. The number of amides is 1. The van der Waals surface area contributed by atoms with Gasteiger partial charge in [0, 0.05) is 17.0 Å². The summed E-state index contributed by atoms with van der Waals surface area (Å²) in [6, 6.07) is 7.93. The molecule has 6 nitrogen and oxygen atoms in total. The van der Waals surface area contributed by atoms with E-state index < -0.39 is 4.92 Å². The van der Waals surface area contributed by atoms with E-state index >= 15 is 0 Å². The molecule has 1 aromatic heterocycles. The topological polar surface area (TPSA) is 84.6 Å². The van der Waals surface area contributed by atoms with Crippen molar-refractivity contribution >= 4 is 29.1 Å². The number of benzene rings is 1. The summed E-state index contributed by atoms with van der Waals surface area (Å²) in [5.41, 5.74) is 4.50. The first-order chi connectivity index (χ1) is 11.5. The fourth-order valence-corrected chi connectivity index (χ4v) is 3.82. The van der Waals surface area contributed by atoms with Gasteiger partial charge in [-0.3, -0.25) is 14.9 Å². The van der Waals surface area contributed by atoms with Crippen LogP contribution in [0.4, 0.5) is 5.69 Å². The summed E-state index contributed by atoms with van der Waals surface area (Å²) in [7, 11) is 0. The highest BCUT2D eigenvalue weighted by Crippen LogP contribution is 2.32. The maximum atomic E-state index is 12.2. The molecule has 1 heterocycles. The number of nitrogens with zero attached hydrogens (tertiary/aromatic N) is 2. The molecule has 24 heavy (non-hydrogen) atoms. The van der Waals surface area contributed by atoms with Crippen molar-refractivity contribution in [3.8, 4) is 0 Å². The van der Waals surface area contributed by atoms with Gasteiger partial charge in [-0.15, -0.1) is 11.3 Å². The Bertz CT molecular complexity index is 796. The van der Waals surface area contributed by atoms with Crippen molar-refractivity contribution in [3.05, 3.63) is 61.3 Å². The fraction of sp³-hybridized carbons (Fsp3) is 0.294. The molecule has 7 heteroatoms. The van der Waals surface area contributed by atoms with Crippen LogP contribution in [0.5, 0.6) is 0 Å². The normalized spacial score (nSPS) is 16.8. The van der Waals surface area contributed by atoms with Gasteiger partial charge in [-0.25, -0.2) is 5.43 Å². The summed E-state index contributed by atoms with van der Waals surface area (Å²) >= 11 is 1.54. The minimum absolute atomic E-state index is 0.0228. The second-order valence-electron chi connectivity index (χ2n) is 5.95. The van der Waals surface area contributed by atoms with Gasteiger partial charge in [0.25, 0.3) is 11.6 Å². The molecular weight excluding hydrogens is 326 g/mol. The van der Waals surface area contributed by atoms with E-state index in [1.165, 1.54) is 46.5 Å². The molecule has 1 N–H and O–H groups in total. The summed E-state index contributed by atoms with van der Waals surface area (Å²) in [6.45, 7) is 2.23. The zero-order valence-corrected chi connectivity index (χ0v) is 14.0. The number of hydrogen-bond acceptors (Lipinski definition) is 5. The Labute approximate surface area is 143 Å². The lowest BCUT2D eigenvalue weighted by atomic mass is 9.90. The molecule has 1 aliphatic carbocycles. The van der Waals surface area contributed by atoms with Gasteiger partial charge < -0.3 is 0 Å². The fourth-order valence-electron chi connectivity index (χ4n) is 2.72. The van der Waals surface area contributed by atoms with Crippen molar-refractivity contribution < 1.29 is 9.72 Å². The van der Waals surface area contributed by atoms with Gasteiger partial charge >= 0.3 is 0 Å². The largest absolute Gasteiger partial charge is 0.281 e. The third kappa shape index (κ3) is 3.68. The molecule has 1 aromatic carbocycles. The number of nitrogens with one attached hydrogen (secondary N) is 1. The second-order valence-corrected chi connectivity index (χ2v) is 7.09. The van der Waals surface area contributed by atoms with E-state index in [1.54, 1.807) is 12.1 Å². The zero-order chi connectivity index (χ0) is 17.1. The minimum atomic E-state index is -0.456. The van der Waals surface area contributed by atoms with E-state index in [2.05, 4.69) is 17.5 Å². The van der Waals surface area contributed by atoms with Crippen LogP contribution in [0.2, 0.25) is 0 Å². The molecule has 0 saturated carbocycles. The van der Waals surface area contributed by atoms with E-state index in [0.717, 1.165) is 12.8 Å². The number of non-ortho nitro benzene ring substituents is 1. The van der Waals surface area contributed by atoms with Crippen molar-refractivity contribution in [1.82, 2.24) is 5.43 Å². The van der Waals surface area contributed by atoms with Crippen LogP contribution in [0, 0.1) is 16.0 Å². The lowest BCUT2D eigenvalue weighted by Crippen LogP contribution is -2.16. The number of aryl methyl sites for hydroxylation is 1. The third-order valence-electron chi connectivity index (χ3n) is 4.04. The third-order valence-corrected chi connectivity index (χ3v) is 5.27. The molecule has 1 aliphatic rings. The number of carbonyl (C=O) groups excluding carboxylic acids is 1. The molecule has 0 spiro atoms. The molecule has 0 radical (unpaired) electrons. The molecule has 1 amide bonds. The molecule has 0 aliphatic heterocycles. The molecule has 0 fully saturated rings. The standard InChI is InChI=1S/C17H17N3O3S/c1-11-2-7-15-13(8-11)9-16(24-15)17(21)19-18-10-12-3-5-14(6-4-12)20(22)23/h3-6,9-11H,2,7-8H2,1H3,(H,19,21). The predicted molar refractivity (Wildman–Crippen MR) is 93.7 cm³/mol. The number of rotatable bonds is 4. The molecule has 0 bridgehead atoms. The monoisotopic (exact) mass is 343 g/mol. The van der Waals surface area contributed by atoms with Crippen molar-refractivity contribution in [2.75, 3.05) is 0 Å². The maximum Gasteiger partial charge on any atom is 0.281 e. The minimum Gasteiger partial charge on any atom is -0.266 e. The van der Waals surface area contributed by atoms with Crippen LogP contribution in [0.1, 0.15) is 39.0 Å². The van der Waals surface area contributed by atoms with Gasteiger partial charge in [0.1, 0.15) is 0 Å². The van der Waals surface area contributed by atoms with Crippen LogP contribution in [0.15, 0.2) is 35.4 Å². The highest BCUT2D eigenvalue weighted by atomic mass is 32.1. The van der Waals surface area contributed by atoms with Gasteiger partial charge in [-0.2, -0.15) is 5.10 Å². The number of hydrogen-bond donors (Lipinski definition) is 1. The Balaban J connectivity index is 1.62. The Kier molecular flexibility index (Phi) is 4.71. The molecule has 1 unspecified atom stereocenters. The summed E-state index contributed by atoms with van der Waals surface area (Å²) in [5, 5.41) is 14.5. The molecule has 3 rings (SSSR count). The first kappa shape index (κ1) is 16.3. The van der Waals surface area contributed by atoms with E-state index in [-0.39, 0.29) is 11.6 Å². The number of fused-ring (bicyclic) bond motifs is 1. The highest BCUT2D eigenvalue weighted by molar-refractivity contribution is 7.14. The summed E-state index contributed by atoms with van der Waals surface area (Å²) in [6.07, 6.45) is 4.72. The van der Waals surface area contributed by atoms with E-state index in [0.29, 0.717) is 16.4 Å². The lowest BCUT2D eigenvalue weighted by Gasteiger charge is -2.16. The maximum absolute atomic E-state index is 12.2. The second kappa shape index (κ2) is 6.92. The Morgan fingerprint density at radius 3 is 2.88 bits per heavy atom.